The summed E-state index contributed by atoms with van der Waals surface area (Å²) in [5.41, 5.74) is -0.367. The van der Waals surface area contributed by atoms with Gasteiger partial charge in [-0.25, -0.2) is 4.79 Å². The highest BCUT2D eigenvalue weighted by atomic mass is 16.3. The quantitative estimate of drug-likeness (QED) is 0.704. The molecule has 1 aliphatic carbocycles. The Morgan fingerprint density at radius 1 is 1.53 bits per heavy atom. The normalized spacial score (nSPS) is 27.9. The monoisotopic (exact) mass is 268 g/mol. The molecule has 3 N–H and O–H groups in total. The predicted octanol–water partition coefficient (Wildman–Crippen LogP) is -0.215. The van der Waals surface area contributed by atoms with Crippen molar-refractivity contribution in [1.82, 2.24) is 9.55 Å². The summed E-state index contributed by atoms with van der Waals surface area (Å²) in [5.74, 6) is -0.128. The molecule has 2 rings (SSSR count). The van der Waals surface area contributed by atoms with Crippen molar-refractivity contribution in [2.24, 2.45) is 11.8 Å². The minimum Gasteiger partial charge on any atom is -0.396 e. The van der Waals surface area contributed by atoms with Gasteiger partial charge in [-0.05, 0) is 25.7 Å². The number of nitrogens with one attached hydrogen (secondary N) is 1. The summed E-state index contributed by atoms with van der Waals surface area (Å²) in [4.78, 5) is 25.5. The van der Waals surface area contributed by atoms with Gasteiger partial charge in [-0.3, -0.25) is 14.3 Å². The summed E-state index contributed by atoms with van der Waals surface area (Å²) in [6.07, 6.45) is 2.21. The minimum absolute atomic E-state index is 0.00924. The molecule has 106 valence electrons. The highest BCUT2D eigenvalue weighted by Gasteiger charge is 2.45. The van der Waals surface area contributed by atoms with Crippen LogP contribution in [0.25, 0.3) is 0 Å². The van der Waals surface area contributed by atoms with E-state index in [0.717, 1.165) is 0 Å². The Hall–Kier alpha value is -1.40. The van der Waals surface area contributed by atoms with E-state index >= 15 is 0 Å². The van der Waals surface area contributed by atoms with Gasteiger partial charge in [0.15, 0.2) is 0 Å². The molecular formula is C13H20N2O4. The molecule has 1 heterocycles. The number of aromatic amines is 1. The molecule has 1 saturated carbocycles. The van der Waals surface area contributed by atoms with Crippen LogP contribution in [0.5, 0.6) is 0 Å². The molecule has 1 aromatic heterocycles. The van der Waals surface area contributed by atoms with Crippen LogP contribution < -0.4 is 11.2 Å². The van der Waals surface area contributed by atoms with Crippen LogP contribution in [0.4, 0.5) is 0 Å². The van der Waals surface area contributed by atoms with Crippen LogP contribution in [-0.4, -0.2) is 32.5 Å². The molecular weight excluding hydrogens is 248 g/mol. The number of aromatic nitrogens is 2. The predicted molar refractivity (Wildman–Crippen MR) is 70.1 cm³/mol. The zero-order valence-corrected chi connectivity index (χ0v) is 11.2. The van der Waals surface area contributed by atoms with Crippen molar-refractivity contribution < 1.29 is 10.2 Å². The Morgan fingerprint density at radius 3 is 2.79 bits per heavy atom. The zero-order chi connectivity index (χ0) is 14.2. The lowest BCUT2D eigenvalue weighted by Crippen LogP contribution is -2.50. The van der Waals surface area contributed by atoms with Gasteiger partial charge in [-0.15, -0.1) is 0 Å². The van der Waals surface area contributed by atoms with E-state index in [1.165, 1.54) is 10.8 Å². The number of aliphatic hydroxyl groups excluding tert-OH is 2. The largest absolute Gasteiger partial charge is 0.396 e. The summed E-state index contributed by atoms with van der Waals surface area (Å²) >= 11 is 0. The summed E-state index contributed by atoms with van der Waals surface area (Å²) in [6.45, 7) is 3.52. The Kier molecular flexibility index (Phi) is 3.91. The number of aliphatic hydroxyl groups is 2. The molecule has 4 unspecified atom stereocenters. The average Bonchev–Trinajstić information content (AvgIpc) is 2.34. The van der Waals surface area contributed by atoms with Gasteiger partial charge in [0.05, 0.1) is 6.10 Å². The van der Waals surface area contributed by atoms with Crippen LogP contribution in [0.3, 0.4) is 0 Å². The van der Waals surface area contributed by atoms with Gasteiger partial charge in [-0.2, -0.15) is 0 Å². The molecule has 19 heavy (non-hydrogen) atoms. The number of hydrogen-bond donors (Lipinski definition) is 3. The SMILES string of the molecule is CCC(O)C1C(CO)CC1n1cc(C)c(=O)[nH]c1=O. The van der Waals surface area contributed by atoms with Gasteiger partial charge in [0.1, 0.15) is 0 Å². The van der Waals surface area contributed by atoms with Crippen molar-refractivity contribution in [3.8, 4) is 0 Å². The fraction of sp³-hybridized carbons (Fsp3) is 0.692. The lowest BCUT2D eigenvalue weighted by molar-refractivity contribution is -0.0581. The van der Waals surface area contributed by atoms with Crippen molar-refractivity contribution in [2.45, 2.75) is 38.8 Å². The molecule has 0 aromatic carbocycles. The molecule has 6 nitrogen and oxygen atoms in total. The maximum atomic E-state index is 11.8. The lowest BCUT2D eigenvalue weighted by Gasteiger charge is -2.47. The maximum absolute atomic E-state index is 11.8. The second-order valence-corrected chi connectivity index (χ2v) is 5.28. The van der Waals surface area contributed by atoms with E-state index in [1.54, 1.807) is 6.92 Å². The molecule has 0 amide bonds. The van der Waals surface area contributed by atoms with E-state index in [1.807, 2.05) is 6.92 Å². The first kappa shape index (κ1) is 14.0. The number of H-pyrrole nitrogens is 1. The molecule has 4 atom stereocenters. The van der Waals surface area contributed by atoms with E-state index in [9.17, 15) is 19.8 Å². The molecule has 0 saturated heterocycles. The Balaban J connectivity index is 2.35. The maximum Gasteiger partial charge on any atom is 0.328 e. The van der Waals surface area contributed by atoms with Gasteiger partial charge in [0.25, 0.3) is 5.56 Å². The molecule has 0 spiro atoms. The third-order valence-corrected chi connectivity index (χ3v) is 4.13. The number of rotatable bonds is 4. The summed E-state index contributed by atoms with van der Waals surface area (Å²) < 4.78 is 1.48. The second-order valence-electron chi connectivity index (χ2n) is 5.28. The topological polar surface area (TPSA) is 95.3 Å². The second kappa shape index (κ2) is 5.30. The van der Waals surface area contributed by atoms with Gasteiger partial charge in [-0.1, -0.05) is 6.92 Å². The van der Waals surface area contributed by atoms with Gasteiger partial charge >= 0.3 is 5.69 Å². The van der Waals surface area contributed by atoms with Crippen LogP contribution >= 0.6 is 0 Å². The summed E-state index contributed by atoms with van der Waals surface area (Å²) in [5, 5.41) is 19.3. The van der Waals surface area contributed by atoms with Crippen molar-refractivity contribution in [3.05, 3.63) is 32.6 Å². The third kappa shape index (κ3) is 2.37. The molecule has 0 aliphatic heterocycles. The van der Waals surface area contributed by atoms with Crippen molar-refractivity contribution in [2.75, 3.05) is 6.61 Å². The molecule has 6 heteroatoms. The number of nitrogens with zero attached hydrogens (tertiary/aromatic N) is 1. The molecule has 0 bridgehead atoms. The molecule has 1 aromatic rings. The highest BCUT2D eigenvalue weighted by Crippen LogP contribution is 2.45. The minimum atomic E-state index is -0.546. The lowest BCUT2D eigenvalue weighted by atomic mass is 9.66. The Bertz CT molecular complexity index is 556. The number of hydrogen-bond acceptors (Lipinski definition) is 4. The standard InChI is InChI=1S/C13H20N2O4/c1-3-10(17)11-8(6-16)4-9(11)15-5-7(2)12(18)14-13(15)19/h5,8-11,16-17H,3-4,6H2,1-2H3,(H,14,18,19). The third-order valence-electron chi connectivity index (χ3n) is 4.13. The molecule has 1 fully saturated rings. The van der Waals surface area contributed by atoms with Crippen LogP contribution in [-0.2, 0) is 0 Å². The molecule has 0 radical (unpaired) electrons. The molecule has 1 aliphatic rings. The fourth-order valence-corrected chi connectivity index (χ4v) is 2.91. The van der Waals surface area contributed by atoms with Crippen LogP contribution in [0.2, 0.25) is 0 Å². The number of aryl methyl sites for hydroxylation is 1. The van der Waals surface area contributed by atoms with E-state index in [2.05, 4.69) is 4.98 Å². The highest BCUT2D eigenvalue weighted by molar-refractivity contribution is 5.05. The van der Waals surface area contributed by atoms with Crippen LogP contribution in [0.1, 0.15) is 31.4 Å². The van der Waals surface area contributed by atoms with E-state index < -0.39 is 11.8 Å². The first-order chi connectivity index (χ1) is 8.99. The van der Waals surface area contributed by atoms with Gasteiger partial charge in [0.2, 0.25) is 0 Å². The Morgan fingerprint density at radius 2 is 2.21 bits per heavy atom. The fourth-order valence-electron chi connectivity index (χ4n) is 2.91. The first-order valence-corrected chi connectivity index (χ1v) is 6.60. The van der Waals surface area contributed by atoms with E-state index in [-0.39, 0.29) is 30.0 Å². The average molecular weight is 268 g/mol. The van der Waals surface area contributed by atoms with E-state index in [0.29, 0.717) is 18.4 Å². The van der Waals surface area contributed by atoms with Crippen LogP contribution in [0.15, 0.2) is 15.8 Å². The summed E-state index contributed by atoms with van der Waals surface area (Å²) in [6, 6.07) is -0.157. The van der Waals surface area contributed by atoms with Crippen molar-refractivity contribution in [3.63, 3.8) is 0 Å². The van der Waals surface area contributed by atoms with Crippen molar-refractivity contribution >= 4 is 0 Å². The van der Waals surface area contributed by atoms with Crippen LogP contribution in [0, 0.1) is 18.8 Å². The van der Waals surface area contributed by atoms with Crippen molar-refractivity contribution in [1.29, 1.82) is 0 Å². The smallest absolute Gasteiger partial charge is 0.328 e. The van der Waals surface area contributed by atoms with E-state index in [4.69, 9.17) is 0 Å². The van der Waals surface area contributed by atoms with Gasteiger partial charge in [0, 0.05) is 30.3 Å². The Labute approximate surface area is 110 Å². The first-order valence-electron chi connectivity index (χ1n) is 6.60. The summed E-state index contributed by atoms with van der Waals surface area (Å²) in [7, 11) is 0. The zero-order valence-electron chi connectivity index (χ0n) is 11.2. The van der Waals surface area contributed by atoms with Gasteiger partial charge < -0.3 is 10.2 Å².